The molecule has 0 aliphatic rings. The summed E-state index contributed by atoms with van der Waals surface area (Å²) in [7, 11) is 1.61. The van der Waals surface area contributed by atoms with Crippen molar-refractivity contribution in [2.45, 2.75) is 13.5 Å². The Morgan fingerprint density at radius 1 is 0.778 bits per heavy atom. The number of hydrogen-bond donors (Lipinski definition) is 0. The Kier molecular flexibility index (Phi) is 5.42. The Morgan fingerprint density at radius 2 is 1.44 bits per heavy atom. The quantitative estimate of drug-likeness (QED) is 0.335. The predicted molar refractivity (Wildman–Crippen MR) is 139 cm³/mol. The first-order valence-corrected chi connectivity index (χ1v) is 11.6. The first-order chi connectivity index (χ1) is 17.6. The van der Waals surface area contributed by atoms with Crippen LogP contribution in [0.25, 0.3) is 38.9 Å². The smallest absolute Gasteiger partial charge is 0.265 e. The lowest BCUT2D eigenvalue weighted by atomic mass is 10.3. The van der Waals surface area contributed by atoms with Crippen molar-refractivity contribution < 1.29 is 9.47 Å². The summed E-state index contributed by atoms with van der Waals surface area (Å²) in [6, 6.07) is 24.9. The van der Waals surface area contributed by atoms with Crippen molar-refractivity contribution in [2.24, 2.45) is 0 Å². The Hall–Kier alpha value is -4.56. The summed E-state index contributed by atoms with van der Waals surface area (Å²) in [4.78, 5) is 28.3. The van der Waals surface area contributed by atoms with Crippen LogP contribution < -0.4 is 10.3 Å². The molecule has 0 aliphatic carbocycles. The van der Waals surface area contributed by atoms with E-state index in [0.717, 1.165) is 22.5 Å². The molecule has 0 saturated heterocycles. The maximum absolute atomic E-state index is 13.7. The molecule has 3 heterocycles. The van der Waals surface area contributed by atoms with Crippen LogP contribution in [-0.4, -0.2) is 37.8 Å². The lowest BCUT2D eigenvalue weighted by molar-refractivity contribution is 0.185. The van der Waals surface area contributed by atoms with Crippen molar-refractivity contribution in [3.05, 3.63) is 95.0 Å². The number of rotatable bonds is 6. The van der Waals surface area contributed by atoms with E-state index in [9.17, 15) is 4.79 Å². The molecule has 6 aromatic rings. The second-order valence-corrected chi connectivity index (χ2v) is 8.44. The minimum absolute atomic E-state index is 0.160. The molecular formula is C28H23N5O3. The van der Waals surface area contributed by atoms with Gasteiger partial charge in [0.05, 0.1) is 24.2 Å². The van der Waals surface area contributed by atoms with Crippen LogP contribution in [0.3, 0.4) is 0 Å². The Bertz CT molecular complexity index is 1770. The molecule has 0 unspecified atom stereocenters. The minimum atomic E-state index is -0.160. The van der Waals surface area contributed by atoms with E-state index in [1.807, 2.05) is 90.4 Å². The van der Waals surface area contributed by atoms with Gasteiger partial charge in [0.15, 0.2) is 11.3 Å². The van der Waals surface area contributed by atoms with Gasteiger partial charge in [0.25, 0.3) is 5.56 Å². The second-order valence-electron chi connectivity index (χ2n) is 8.44. The number of aryl methyl sites for hydroxylation is 1. The van der Waals surface area contributed by atoms with Crippen molar-refractivity contribution in [1.29, 1.82) is 0 Å². The Labute approximate surface area is 206 Å². The summed E-state index contributed by atoms with van der Waals surface area (Å²) in [5, 5.41) is 0.439. The van der Waals surface area contributed by atoms with Crippen molar-refractivity contribution in [3.8, 4) is 17.2 Å². The van der Waals surface area contributed by atoms with E-state index in [4.69, 9.17) is 24.4 Å². The molecule has 178 valence electrons. The van der Waals surface area contributed by atoms with Crippen LogP contribution in [0.2, 0.25) is 0 Å². The molecule has 0 bridgehead atoms. The molecule has 0 fully saturated rings. The van der Waals surface area contributed by atoms with Crippen LogP contribution in [0, 0.1) is 6.92 Å². The van der Waals surface area contributed by atoms with E-state index < -0.39 is 0 Å². The highest BCUT2D eigenvalue weighted by Crippen LogP contribution is 2.30. The highest BCUT2D eigenvalue weighted by atomic mass is 16.5. The summed E-state index contributed by atoms with van der Waals surface area (Å²) in [5.41, 5.74) is 3.74. The maximum atomic E-state index is 13.7. The monoisotopic (exact) mass is 477 g/mol. The van der Waals surface area contributed by atoms with Gasteiger partial charge in [-0.3, -0.25) is 13.9 Å². The van der Waals surface area contributed by atoms with Gasteiger partial charge >= 0.3 is 0 Å². The number of aromatic nitrogens is 5. The average molecular weight is 478 g/mol. The SMILES string of the molecule is COCCn1c(C)nc2c(c1=O)c1nc3ccccc3nc1n2-c1ccc(Oc2ccccc2)cc1. The van der Waals surface area contributed by atoms with Gasteiger partial charge in [-0.25, -0.2) is 15.0 Å². The van der Waals surface area contributed by atoms with Crippen LogP contribution in [0.15, 0.2) is 83.7 Å². The summed E-state index contributed by atoms with van der Waals surface area (Å²) < 4.78 is 14.7. The van der Waals surface area contributed by atoms with E-state index >= 15 is 0 Å². The Morgan fingerprint density at radius 3 is 2.17 bits per heavy atom. The van der Waals surface area contributed by atoms with E-state index in [-0.39, 0.29) is 5.56 Å². The number of benzene rings is 3. The van der Waals surface area contributed by atoms with Crippen molar-refractivity contribution in [3.63, 3.8) is 0 Å². The largest absolute Gasteiger partial charge is 0.457 e. The zero-order chi connectivity index (χ0) is 24.6. The lowest BCUT2D eigenvalue weighted by Crippen LogP contribution is -2.25. The van der Waals surface area contributed by atoms with Gasteiger partial charge in [-0.15, -0.1) is 0 Å². The maximum Gasteiger partial charge on any atom is 0.265 e. The van der Waals surface area contributed by atoms with Gasteiger partial charge in [0.1, 0.15) is 28.2 Å². The summed E-state index contributed by atoms with van der Waals surface area (Å²) in [5.74, 6) is 2.06. The molecular weight excluding hydrogens is 454 g/mol. The van der Waals surface area contributed by atoms with Gasteiger partial charge < -0.3 is 9.47 Å². The summed E-state index contributed by atoms with van der Waals surface area (Å²) in [6.45, 7) is 2.64. The number of nitrogens with zero attached hydrogens (tertiary/aromatic N) is 5. The van der Waals surface area contributed by atoms with Crippen molar-refractivity contribution in [1.82, 2.24) is 24.1 Å². The summed E-state index contributed by atoms with van der Waals surface area (Å²) >= 11 is 0. The molecule has 0 saturated carbocycles. The normalized spacial score (nSPS) is 11.5. The van der Waals surface area contributed by atoms with Crippen LogP contribution in [0.4, 0.5) is 0 Å². The molecule has 8 heteroatoms. The molecule has 36 heavy (non-hydrogen) atoms. The van der Waals surface area contributed by atoms with Gasteiger partial charge in [0, 0.05) is 12.8 Å². The van der Waals surface area contributed by atoms with Gasteiger partial charge in [0.2, 0.25) is 0 Å². The zero-order valence-corrected chi connectivity index (χ0v) is 19.9. The number of para-hydroxylation sites is 3. The van der Waals surface area contributed by atoms with Gasteiger partial charge in [-0.2, -0.15) is 0 Å². The fourth-order valence-corrected chi connectivity index (χ4v) is 4.41. The molecule has 0 radical (unpaired) electrons. The van der Waals surface area contributed by atoms with Crippen LogP contribution in [0.1, 0.15) is 5.82 Å². The first kappa shape index (κ1) is 21.9. The highest BCUT2D eigenvalue weighted by Gasteiger charge is 2.22. The third-order valence-corrected chi connectivity index (χ3v) is 6.15. The molecule has 3 aromatic carbocycles. The topological polar surface area (TPSA) is 84.1 Å². The zero-order valence-electron chi connectivity index (χ0n) is 19.9. The standard InChI is InChI=1S/C28H23N5O3/c1-18-29-26-24(28(34)32(18)16-17-35-2)25-27(31-23-11-7-6-10-22(23)30-25)33(26)19-12-14-21(15-13-19)36-20-8-4-3-5-9-20/h3-15H,16-17H2,1-2H3. The molecule has 0 atom stereocenters. The van der Waals surface area contributed by atoms with Gasteiger partial charge in [-0.1, -0.05) is 30.3 Å². The second kappa shape index (κ2) is 8.90. The fraction of sp³-hybridized carbons (Fsp3) is 0.143. The van der Waals surface area contributed by atoms with E-state index in [1.165, 1.54) is 0 Å². The molecule has 0 spiro atoms. The van der Waals surface area contributed by atoms with Crippen molar-refractivity contribution >= 4 is 33.2 Å². The predicted octanol–water partition coefficient (Wildman–Crippen LogP) is 5.03. The number of fused-ring (bicyclic) bond motifs is 4. The van der Waals surface area contributed by atoms with Gasteiger partial charge in [-0.05, 0) is 55.5 Å². The Balaban J connectivity index is 1.58. The minimum Gasteiger partial charge on any atom is -0.457 e. The number of ether oxygens (including phenoxy) is 2. The molecule has 8 nitrogen and oxygen atoms in total. The van der Waals surface area contributed by atoms with Crippen LogP contribution in [0.5, 0.6) is 11.5 Å². The summed E-state index contributed by atoms with van der Waals surface area (Å²) in [6.07, 6.45) is 0. The molecule has 0 N–H and O–H groups in total. The molecule has 3 aromatic heterocycles. The average Bonchev–Trinajstić information content (AvgIpc) is 3.21. The highest BCUT2D eigenvalue weighted by molar-refractivity contribution is 6.05. The number of hydrogen-bond acceptors (Lipinski definition) is 6. The van der Waals surface area contributed by atoms with E-state index in [0.29, 0.717) is 46.9 Å². The number of methoxy groups -OCH3 is 1. The lowest BCUT2D eigenvalue weighted by Gasteiger charge is -2.11. The fourth-order valence-electron chi connectivity index (χ4n) is 4.41. The molecule has 0 amide bonds. The molecule has 6 rings (SSSR count). The first-order valence-electron chi connectivity index (χ1n) is 11.6. The third kappa shape index (κ3) is 3.68. The third-order valence-electron chi connectivity index (χ3n) is 6.15. The van der Waals surface area contributed by atoms with E-state index in [2.05, 4.69) is 0 Å². The van der Waals surface area contributed by atoms with Crippen LogP contribution >= 0.6 is 0 Å². The van der Waals surface area contributed by atoms with E-state index in [1.54, 1.807) is 11.7 Å². The van der Waals surface area contributed by atoms with Crippen LogP contribution in [-0.2, 0) is 11.3 Å². The van der Waals surface area contributed by atoms with Crippen molar-refractivity contribution in [2.75, 3.05) is 13.7 Å². The molecule has 0 aliphatic heterocycles.